The molecule has 1 atom stereocenters. The highest BCUT2D eigenvalue weighted by molar-refractivity contribution is 5.27. The van der Waals surface area contributed by atoms with Crippen LogP contribution < -0.4 is 16.0 Å². The molecule has 0 bridgehead atoms. The van der Waals surface area contributed by atoms with Gasteiger partial charge in [0.1, 0.15) is 5.75 Å². The second-order valence-corrected chi connectivity index (χ2v) is 5.20. The van der Waals surface area contributed by atoms with E-state index in [1.807, 2.05) is 12.1 Å². The summed E-state index contributed by atoms with van der Waals surface area (Å²) in [4.78, 5) is 0. The van der Waals surface area contributed by atoms with Crippen LogP contribution in [0.4, 0.5) is 0 Å². The fraction of sp³-hybridized carbons (Fsp3) is 0.600. The van der Waals surface area contributed by atoms with E-state index in [9.17, 15) is 0 Å². The van der Waals surface area contributed by atoms with Gasteiger partial charge in [0.2, 0.25) is 0 Å². The zero-order valence-electron chi connectivity index (χ0n) is 11.2. The van der Waals surface area contributed by atoms with Crippen LogP contribution in [0.3, 0.4) is 0 Å². The van der Waals surface area contributed by atoms with Crippen LogP contribution in [0.1, 0.15) is 37.7 Å². The summed E-state index contributed by atoms with van der Waals surface area (Å²) in [5.41, 5.74) is 4.37. The molecule has 1 aliphatic rings. The van der Waals surface area contributed by atoms with E-state index in [1.165, 1.54) is 31.2 Å². The molecule has 0 spiro atoms. The van der Waals surface area contributed by atoms with Gasteiger partial charge in [0.15, 0.2) is 0 Å². The quantitative estimate of drug-likeness (QED) is 0.601. The number of nitrogens with two attached hydrogens (primary N) is 1. The van der Waals surface area contributed by atoms with Crippen LogP contribution in [-0.2, 0) is 6.42 Å². The maximum atomic E-state index is 5.69. The molecule has 1 aromatic rings. The van der Waals surface area contributed by atoms with Crippen LogP contribution >= 0.6 is 0 Å². The maximum Gasteiger partial charge on any atom is 0.118 e. The highest BCUT2D eigenvalue weighted by atomic mass is 16.5. The molecule has 1 unspecified atom stereocenters. The van der Waals surface area contributed by atoms with Crippen LogP contribution in [0.15, 0.2) is 24.3 Å². The first kappa shape index (κ1) is 13.4. The lowest BCUT2D eigenvalue weighted by molar-refractivity contribution is 0.345. The van der Waals surface area contributed by atoms with Gasteiger partial charge in [-0.1, -0.05) is 25.0 Å². The lowest BCUT2D eigenvalue weighted by atomic mass is 9.93. The van der Waals surface area contributed by atoms with Crippen molar-refractivity contribution in [1.29, 1.82) is 0 Å². The first-order chi connectivity index (χ1) is 8.83. The summed E-state index contributed by atoms with van der Waals surface area (Å²) < 4.78 is 5.16. The monoisotopic (exact) mass is 248 g/mol. The van der Waals surface area contributed by atoms with Gasteiger partial charge in [-0.15, -0.1) is 0 Å². The topological polar surface area (TPSA) is 47.3 Å². The van der Waals surface area contributed by atoms with Crippen LogP contribution in [-0.4, -0.2) is 13.2 Å². The lowest BCUT2D eigenvalue weighted by Gasteiger charge is -2.22. The Balaban J connectivity index is 1.84. The largest absolute Gasteiger partial charge is 0.497 e. The van der Waals surface area contributed by atoms with Gasteiger partial charge >= 0.3 is 0 Å². The normalized spacial score (nSPS) is 17.9. The van der Waals surface area contributed by atoms with Gasteiger partial charge in [-0.2, -0.15) is 0 Å². The van der Waals surface area contributed by atoms with Crippen LogP contribution in [0, 0.1) is 5.92 Å². The molecule has 2 rings (SSSR count). The first-order valence-corrected chi connectivity index (χ1v) is 6.92. The molecule has 100 valence electrons. The molecule has 0 saturated heterocycles. The third kappa shape index (κ3) is 3.47. The summed E-state index contributed by atoms with van der Waals surface area (Å²) in [6.07, 6.45) is 7.59. The summed E-state index contributed by atoms with van der Waals surface area (Å²) in [7, 11) is 1.70. The van der Waals surface area contributed by atoms with Gasteiger partial charge in [0.05, 0.1) is 7.11 Å². The molecule has 1 aromatic carbocycles. The Labute approximate surface area is 110 Å². The van der Waals surface area contributed by atoms with Gasteiger partial charge < -0.3 is 4.74 Å². The molecule has 18 heavy (non-hydrogen) atoms. The molecule has 0 aromatic heterocycles. The van der Waals surface area contributed by atoms with E-state index in [0.29, 0.717) is 6.04 Å². The van der Waals surface area contributed by atoms with Crippen molar-refractivity contribution < 1.29 is 4.74 Å². The fourth-order valence-corrected chi connectivity index (χ4v) is 2.93. The predicted octanol–water partition coefficient (Wildman–Crippen LogP) is 2.65. The van der Waals surface area contributed by atoms with Gasteiger partial charge in [-0.25, -0.2) is 0 Å². The molecule has 0 amide bonds. The Kier molecular flexibility index (Phi) is 5.02. The lowest BCUT2D eigenvalue weighted by Crippen LogP contribution is -2.40. The van der Waals surface area contributed by atoms with Crippen molar-refractivity contribution in [3.05, 3.63) is 29.8 Å². The molecule has 1 fully saturated rings. The smallest absolute Gasteiger partial charge is 0.118 e. The number of ether oxygens (including phenoxy) is 1. The molecule has 1 saturated carbocycles. The number of benzene rings is 1. The van der Waals surface area contributed by atoms with Crippen LogP contribution in [0.25, 0.3) is 0 Å². The Morgan fingerprint density at radius 3 is 2.50 bits per heavy atom. The SMILES string of the molecule is COc1ccc(CCC(NN)C2CCCC2)cc1. The van der Waals surface area contributed by atoms with Gasteiger partial charge in [-0.3, -0.25) is 11.3 Å². The number of aryl methyl sites for hydroxylation is 1. The Morgan fingerprint density at radius 2 is 1.94 bits per heavy atom. The average molecular weight is 248 g/mol. The van der Waals surface area contributed by atoms with Crippen molar-refractivity contribution >= 4 is 0 Å². The summed E-state index contributed by atoms with van der Waals surface area (Å²) in [6, 6.07) is 8.79. The van der Waals surface area contributed by atoms with Gasteiger partial charge in [-0.05, 0) is 49.3 Å². The predicted molar refractivity (Wildman–Crippen MR) is 74.4 cm³/mol. The van der Waals surface area contributed by atoms with E-state index < -0.39 is 0 Å². The maximum absolute atomic E-state index is 5.69. The minimum Gasteiger partial charge on any atom is -0.497 e. The van der Waals surface area contributed by atoms with Gasteiger partial charge in [0, 0.05) is 6.04 Å². The van der Waals surface area contributed by atoms with E-state index in [1.54, 1.807) is 7.11 Å². The van der Waals surface area contributed by atoms with E-state index in [-0.39, 0.29) is 0 Å². The zero-order chi connectivity index (χ0) is 12.8. The minimum atomic E-state index is 0.467. The zero-order valence-corrected chi connectivity index (χ0v) is 11.2. The minimum absolute atomic E-state index is 0.467. The molecule has 3 nitrogen and oxygen atoms in total. The number of hydrazine groups is 1. The van der Waals surface area contributed by atoms with Crippen molar-refractivity contribution in [2.75, 3.05) is 7.11 Å². The Morgan fingerprint density at radius 1 is 1.28 bits per heavy atom. The number of nitrogens with one attached hydrogen (secondary N) is 1. The highest BCUT2D eigenvalue weighted by Gasteiger charge is 2.23. The van der Waals surface area contributed by atoms with E-state index in [2.05, 4.69) is 17.6 Å². The number of hydrogen-bond donors (Lipinski definition) is 2. The molecular weight excluding hydrogens is 224 g/mol. The second-order valence-electron chi connectivity index (χ2n) is 5.20. The summed E-state index contributed by atoms with van der Waals surface area (Å²) in [5, 5.41) is 0. The molecule has 0 aliphatic heterocycles. The molecule has 3 heteroatoms. The summed E-state index contributed by atoms with van der Waals surface area (Å²) in [6.45, 7) is 0. The third-order valence-corrected chi connectivity index (χ3v) is 4.09. The Hall–Kier alpha value is -1.06. The second kappa shape index (κ2) is 6.76. The van der Waals surface area contributed by atoms with Gasteiger partial charge in [0.25, 0.3) is 0 Å². The fourth-order valence-electron chi connectivity index (χ4n) is 2.93. The Bertz CT molecular complexity index is 344. The molecular formula is C15H24N2O. The van der Waals surface area contributed by atoms with Crippen molar-refractivity contribution in [3.63, 3.8) is 0 Å². The van der Waals surface area contributed by atoms with E-state index in [4.69, 9.17) is 10.6 Å². The van der Waals surface area contributed by atoms with E-state index >= 15 is 0 Å². The molecule has 1 aliphatic carbocycles. The number of methoxy groups -OCH3 is 1. The molecule has 0 heterocycles. The average Bonchev–Trinajstić information content (AvgIpc) is 2.94. The third-order valence-electron chi connectivity index (χ3n) is 4.09. The number of rotatable bonds is 6. The van der Waals surface area contributed by atoms with Crippen molar-refractivity contribution in [3.8, 4) is 5.75 Å². The summed E-state index contributed by atoms with van der Waals surface area (Å²) in [5.74, 6) is 7.38. The highest BCUT2D eigenvalue weighted by Crippen LogP contribution is 2.29. The molecule has 0 radical (unpaired) electrons. The standard InChI is InChI=1S/C15H24N2O/c1-18-14-9-6-12(7-10-14)8-11-15(17-16)13-4-2-3-5-13/h6-7,9-10,13,15,17H,2-5,8,11,16H2,1H3. The van der Waals surface area contributed by atoms with Crippen molar-refractivity contribution in [2.45, 2.75) is 44.6 Å². The number of hydrogen-bond acceptors (Lipinski definition) is 3. The summed E-state index contributed by atoms with van der Waals surface area (Å²) >= 11 is 0. The van der Waals surface area contributed by atoms with Crippen LogP contribution in [0.2, 0.25) is 0 Å². The first-order valence-electron chi connectivity index (χ1n) is 6.92. The van der Waals surface area contributed by atoms with Crippen molar-refractivity contribution in [1.82, 2.24) is 5.43 Å². The van der Waals surface area contributed by atoms with E-state index in [0.717, 1.165) is 24.5 Å². The van der Waals surface area contributed by atoms with Crippen LogP contribution in [0.5, 0.6) is 5.75 Å². The molecule has 3 N–H and O–H groups in total. The van der Waals surface area contributed by atoms with Crippen molar-refractivity contribution in [2.24, 2.45) is 11.8 Å².